The number of aromatic amines is 1. The second-order valence-corrected chi connectivity index (χ2v) is 3.91. The second-order valence-electron chi connectivity index (χ2n) is 3.91. The van der Waals surface area contributed by atoms with Crippen LogP contribution in [0, 0.1) is 6.92 Å². The summed E-state index contributed by atoms with van der Waals surface area (Å²) in [5.41, 5.74) is 2.94. The van der Waals surface area contributed by atoms with Gasteiger partial charge in [-0.3, -0.25) is 9.89 Å². The first-order valence-electron chi connectivity index (χ1n) is 5.39. The van der Waals surface area contributed by atoms with Crippen LogP contribution in [0.15, 0.2) is 47.4 Å². The zero-order chi connectivity index (χ0) is 11.8. The van der Waals surface area contributed by atoms with E-state index in [9.17, 15) is 4.79 Å². The number of nitrogens with zero attached hydrogens (tertiary/aromatic N) is 2. The van der Waals surface area contributed by atoms with Crippen molar-refractivity contribution < 1.29 is 0 Å². The Bertz CT molecular complexity index is 725. The van der Waals surface area contributed by atoms with E-state index in [-0.39, 0.29) is 5.56 Å². The van der Waals surface area contributed by atoms with E-state index in [2.05, 4.69) is 10.1 Å². The van der Waals surface area contributed by atoms with Gasteiger partial charge >= 0.3 is 0 Å². The minimum absolute atomic E-state index is 0.0566. The number of hydrogen-bond donors (Lipinski definition) is 1. The normalized spacial score (nSPS) is 10.9. The van der Waals surface area contributed by atoms with Crippen molar-refractivity contribution in [2.45, 2.75) is 6.92 Å². The molecule has 0 aliphatic carbocycles. The highest BCUT2D eigenvalue weighted by Crippen LogP contribution is 2.18. The molecule has 1 aromatic carbocycles. The highest BCUT2D eigenvalue weighted by molar-refractivity contribution is 5.64. The van der Waals surface area contributed by atoms with Crippen LogP contribution in [0.2, 0.25) is 0 Å². The van der Waals surface area contributed by atoms with Crippen molar-refractivity contribution in [1.82, 2.24) is 14.6 Å². The maximum absolute atomic E-state index is 12.1. The maximum atomic E-state index is 12.1. The highest BCUT2D eigenvalue weighted by atomic mass is 16.1. The van der Waals surface area contributed by atoms with Gasteiger partial charge < -0.3 is 0 Å². The quantitative estimate of drug-likeness (QED) is 0.688. The number of H-pyrrole nitrogens is 1. The minimum Gasteiger partial charge on any atom is -0.297 e. The van der Waals surface area contributed by atoms with Crippen LogP contribution in [0.3, 0.4) is 0 Å². The molecule has 2 aromatic heterocycles. The summed E-state index contributed by atoms with van der Waals surface area (Å²) in [6, 6.07) is 11.5. The fourth-order valence-corrected chi connectivity index (χ4v) is 1.92. The van der Waals surface area contributed by atoms with Gasteiger partial charge in [-0.2, -0.15) is 0 Å². The molecule has 0 spiro atoms. The smallest absolute Gasteiger partial charge is 0.276 e. The fraction of sp³-hybridized carbons (Fsp3) is 0.0769. The number of aromatic nitrogens is 3. The Balaban J connectivity index is 2.38. The maximum Gasteiger partial charge on any atom is 0.276 e. The fourth-order valence-electron chi connectivity index (χ4n) is 1.92. The largest absolute Gasteiger partial charge is 0.297 e. The topological polar surface area (TPSA) is 50.2 Å². The monoisotopic (exact) mass is 225 g/mol. The van der Waals surface area contributed by atoms with Gasteiger partial charge in [0.25, 0.3) is 5.56 Å². The van der Waals surface area contributed by atoms with Crippen molar-refractivity contribution in [3.8, 4) is 11.3 Å². The van der Waals surface area contributed by atoms with Gasteiger partial charge in [0.05, 0.1) is 5.69 Å². The predicted octanol–water partition coefficient (Wildman–Crippen LogP) is 2.00. The lowest BCUT2D eigenvalue weighted by Crippen LogP contribution is -2.18. The van der Waals surface area contributed by atoms with Crippen molar-refractivity contribution in [2.75, 3.05) is 0 Å². The summed E-state index contributed by atoms with van der Waals surface area (Å²) >= 11 is 0. The Labute approximate surface area is 97.5 Å². The molecule has 84 valence electrons. The zero-order valence-electron chi connectivity index (χ0n) is 9.34. The molecule has 0 aliphatic rings. The van der Waals surface area contributed by atoms with Crippen LogP contribution in [-0.2, 0) is 0 Å². The first-order valence-corrected chi connectivity index (χ1v) is 5.39. The Kier molecular flexibility index (Phi) is 2.08. The van der Waals surface area contributed by atoms with Gasteiger partial charge in [0.2, 0.25) is 0 Å². The van der Waals surface area contributed by atoms with E-state index < -0.39 is 0 Å². The van der Waals surface area contributed by atoms with Gasteiger partial charge in [0.1, 0.15) is 0 Å². The van der Waals surface area contributed by atoms with Gasteiger partial charge in [0.15, 0.2) is 5.65 Å². The predicted molar refractivity (Wildman–Crippen MR) is 66.0 cm³/mol. The Morgan fingerprint density at radius 1 is 1.18 bits per heavy atom. The Hall–Kier alpha value is -2.36. The summed E-state index contributed by atoms with van der Waals surface area (Å²) in [5, 5.41) is 2.85. The number of fused-ring (bicyclic) bond motifs is 1. The molecular weight excluding hydrogens is 214 g/mol. The highest BCUT2D eigenvalue weighted by Gasteiger charge is 2.10. The third-order valence-corrected chi connectivity index (χ3v) is 2.82. The van der Waals surface area contributed by atoms with Gasteiger partial charge in [-0.25, -0.2) is 9.50 Å². The lowest BCUT2D eigenvalue weighted by atomic mass is 10.1. The second kappa shape index (κ2) is 3.59. The molecule has 1 N–H and O–H groups in total. The molecule has 0 aliphatic heterocycles. The minimum atomic E-state index is -0.0566. The zero-order valence-corrected chi connectivity index (χ0v) is 9.34. The molecule has 4 heteroatoms. The summed E-state index contributed by atoms with van der Waals surface area (Å²) in [5.74, 6) is 0. The molecule has 0 bridgehead atoms. The van der Waals surface area contributed by atoms with Crippen LogP contribution in [0.5, 0.6) is 0 Å². The standard InChI is InChI=1S/C13H11N3O/c1-9-12(10-5-3-2-4-6-10)15-11-7-8-14-16(11)13(9)17/h2-8,14H,1H3. The third kappa shape index (κ3) is 1.45. The molecule has 4 nitrogen and oxygen atoms in total. The van der Waals surface area contributed by atoms with Crippen LogP contribution in [0.4, 0.5) is 0 Å². The number of hydrogen-bond acceptors (Lipinski definition) is 2. The van der Waals surface area contributed by atoms with Gasteiger partial charge in [-0.05, 0) is 6.92 Å². The summed E-state index contributed by atoms with van der Waals surface area (Å²) in [7, 11) is 0. The van der Waals surface area contributed by atoms with Crippen molar-refractivity contribution >= 4 is 5.65 Å². The molecule has 0 atom stereocenters. The van der Waals surface area contributed by atoms with Crippen molar-refractivity contribution in [3.63, 3.8) is 0 Å². The Morgan fingerprint density at radius 3 is 2.71 bits per heavy atom. The lowest BCUT2D eigenvalue weighted by Gasteiger charge is -2.05. The van der Waals surface area contributed by atoms with E-state index in [1.165, 1.54) is 4.52 Å². The summed E-state index contributed by atoms with van der Waals surface area (Å²) in [6.45, 7) is 1.80. The van der Waals surface area contributed by atoms with E-state index >= 15 is 0 Å². The molecule has 2 heterocycles. The first kappa shape index (κ1) is 9.84. The van der Waals surface area contributed by atoms with E-state index in [0.29, 0.717) is 11.2 Å². The van der Waals surface area contributed by atoms with E-state index in [1.807, 2.05) is 30.3 Å². The lowest BCUT2D eigenvalue weighted by molar-refractivity contribution is 0.887. The number of benzene rings is 1. The van der Waals surface area contributed by atoms with Crippen LogP contribution in [0.25, 0.3) is 16.9 Å². The van der Waals surface area contributed by atoms with E-state index in [0.717, 1.165) is 11.3 Å². The van der Waals surface area contributed by atoms with Crippen LogP contribution in [-0.4, -0.2) is 14.6 Å². The molecule has 0 fully saturated rings. The van der Waals surface area contributed by atoms with Crippen LogP contribution < -0.4 is 5.56 Å². The summed E-state index contributed by atoms with van der Waals surface area (Å²) in [6.07, 6.45) is 1.71. The average Bonchev–Trinajstić information content (AvgIpc) is 2.83. The molecule has 3 aromatic rings. The van der Waals surface area contributed by atoms with Gasteiger partial charge in [0, 0.05) is 23.4 Å². The molecule has 0 saturated carbocycles. The molecule has 3 rings (SSSR count). The number of rotatable bonds is 1. The molecular formula is C13H11N3O. The van der Waals surface area contributed by atoms with Crippen molar-refractivity contribution in [2.24, 2.45) is 0 Å². The van der Waals surface area contributed by atoms with Crippen molar-refractivity contribution in [1.29, 1.82) is 0 Å². The molecule has 0 saturated heterocycles. The molecule has 0 radical (unpaired) electrons. The van der Waals surface area contributed by atoms with Crippen LogP contribution in [0.1, 0.15) is 5.56 Å². The first-order chi connectivity index (χ1) is 8.27. The van der Waals surface area contributed by atoms with E-state index in [1.54, 1.807) is 19.2 Å². The number of nitrogens with one attached hydrogen (secondary N) is 1. The van der Waals surface area contributed by atoms with Gasteiger partial charge in [-0.15, -0.1) is 0 Å². The Morgan fingerprint density at radius 2 is 1.94 bits per heavy atom. The molecule has 17 heavy (non-hydrogen) atoms. The molecule has 0 unspecified atom stereocenters. The molecule has 0 amide bonds. The van der Waals surface area contributed by atoms with Gasteiger partial charge in [-0.1, -0.05) is 30.3 Å². The van der Waals surface area contributed by atoms with Crippen molar-refractivity contribution in [3.05, 3.63) is 58.5 Å². The van der Waals surface area contributed by atoms with E-state index in [4.69, 9.17) is 0 Å². The summed E-state index contributed by atoms with van der Waals surface area (Å²) in [4.78, 5) is 16.6. The van der Waals surface area contributed by atoms with Crippen LogP contribution >= 0.6 is 0 Å². The SMILES string of the molecule is Cc1c(-c2ccccc2)nc2cc[nH]n2c1=O. The summed E-state index contributed by atoms with van der Waals surface area (Å²) < 4.78 is 1.45. The average molecular weight is 225 g/mol. The third-order valence-electron chi connectivity index (χ3n) is 2.82.